The van der Waals surface area contributed by atoms with Gasteiger partial charge in [0.05, 0.1) is 71.6 Å². The van der Waals surface area contributed by atoms with E-state index in [4.69, 9.17) is 48.7 Å². The smallest absolute Gasteiger partial charge is 0.314 e. The maximum absolute atomic E-state index is 13.7. The van der Waals surface area contributed by atoms with Crippen LogP contribution >= 0.6 is 23.2 Å². The summed E-state index contributed by atoms with van der Waals surface area (Å²) in [5.41, 5.74) is 4.66. The molecule has 0 bridgehead atoms. The number of amides is 4. The summed E-state index contributed by atoms with van der Waals surface area (Å²) >= 11 is 12.9. The molecule has 506 valence electrons. The molecule has 4 aliphatic heterocycles. The second-order valence-corrected chi connectivity index (χ2v) is 29.8. The molecule has 26 heteroatoms. The van der Waals surface area contributed by atoms with Gasteiger partial charge in [-0.1, -0.05) is 36.0 Å². The molecule has 6 aliphatic rings. The number of halogens is 2. The fourth-order valence-corrected chi connectivity index (χ4v) is 17.1. The number of fused-ring (bicyclic) bond motifs is 2. The van der Waals surface area contributed by atoms with Crippen LogP contribution in [-0.2, 0) is 56.6 Å². The number of carbonyl (C=O) groups excluding carboxylic acids is 4. The highest BCUT2D eigenvalue weighted by Crippen LogP contribution is 2.45. The van der Waals surface area contributed by atoms with Gasteiger partial charge >= 0.3 is 6.03 Å². The van der Waals surface area contributed by atoms with E-state index in [0.717, 1.165) is 80.8 Å². The molecule has 94 heavy (non-hydrogen) atoms. The first-order chi connectivity index (χ1) is 45.5. The van der Waals surface area contributed by atoms with Crippen LogP contribution in [0.25, 0.3) is 4.85 Å². The third-order valence-corrected chi connectivity index (χ3v) is 22.5. The van der Waals surface area contributed by atoms with Gasteiger partial charge in [0.15, 0.2) is 15.5 Å². The Morgan fingerprint density at radius 3 is 1.90 bits per heavy atom. The van der Waals surface area contributed by atoms with Crippen molar-refractivity contribution in [3.05, 3.63) is 122 Å². The van der Waals surface area contributed by atoms with Crippen LogP contribution < -0.4 is 30.1 Å². The van der Waals surface area contributed by atoms with E-state index in [1.807, 2.05) is 12.1 Å². The SMILES string of the molecule is [C-]#[N+]c1cc(Cl)cc2c1C[C@H](N1CCCCC1)[C@H]2Oc1ccc(S(=O)(=O)C[C@H]2CCCN(CCOCCNC(=O)NCCCCCC(=O)CCCOCCN3CCC[C@H](NS(=O)(=O)c4ccc(O[C@H]5c6cc(Cl)cc(C#N)c6C[C@@H]5N5CCNCC5)cc4)C3=O)C2=O)cc1. The minimum atomic E-state index is -4.07. The van der Waals surface area contributed by atoms with Gasteiger partial charge in [-0.15, -0.1) is 0 Å². The first-order valence-corrected chi connectivity index (χ1v) is 37.0. The van der Waals surface area contributed by atoms with E-state index >= 15 is 0 Å². The molecule has 4 N–H and O–H groups in total. The molecule has 0 saturated carbocycles. The zero-order chi connectivity index (χ0) is 66.2. The van der Waals surface area contributed by atoms with Crippen molar-refractivity contribution in [3.63, 3.8) is 0 Å². The predicted octanol–water partition coefficient (Wildman–Crippen LogP) is 8.12. The van der Waals surface area contributed by atoms with Gasteiger partial charge in [-0.05, 0) is 179 Å². The molecule has 6 atom stereocenters. The van der Waals surface area contributed by atoms with Crippen LogP contribution in [0.1, 0.15) is 123 Å². The van der Waals surface area contributed by atoms with Crippen molar-refractivity contribution in [2.45, 2.75) is 136 Å². The Labute approximate surface area is 562 Å². The highest BCUT2D eigenvalue weighted by molar-refractivity contribution is 7.91. The molecule has 2 aliphatic carbocycles. The summed E-state index contributed by atoms with van der Waals surface area (Å²) in [4.78, 5) is 63.9. The number of piperazine rings is 1. The monoisotopic (exact) mass is 1370 g/mol. The number of nitrogens with one attached hydrogen (secondary N) is 4. The summed E-state index contributed by atoms with van der Waals surface area (Å²) < 4.78 is 81.9. The van der Waals surface area contributed by atoms with Gasteiger partial charge in [-0.2, -0.15) is 9.98 Å². The van der Waals surface area contributed by atoms with Crippen LogP contribution in [-0.4, -0.2) is 189 Å². The van der Waals surface area contributed by atoms with Gasteiger partial charge in [-0.3, -0.25) is 24.2 Å². The Morgan fingerprint density at radius 1 is 0.649 bits per heavy atom. The summed E-state index contributed by atoms with van der Waals surface area (Å²) in [6.45, 7) is 16.3. The van der Waals surface area contributed by atoms with Crippen molar-refractivity contribution in [2.24, 2.45) is 5.92 Å². The highest BCUT2D eigenvalue weighted by Gasteiger charge is 2.43. The molecule has 4 aromatic rings. The number of urea groups is 1. The lowest BCUT2D eigenvalue weighted by Gasteiger charge is -2.36. The number of carbonyl (C=O) groups is 4. The Kier molecular flexibility index (Phi) is 25.1. The molecule has 4 amide bonds. The number of sulfonamides is 1. The second-order valence-electron chi connectivity index (χ2n) is 25.1. The summed E-state index contributed by atoms with van der Waals surface area (Å²) in [5.74, 6) is -0.437. The summed E-state index contributed by atoms with van der Waals surface area (Å²) in [7, 11) is -7.88. The number of piperidine rings is 3. The van der Waals surface area contributed by atoms with Crippen LogP contribution in [0, 0.1) is 23.8 Å². The molecular weight excluding hydrogens is 1280 g/mol. The molecule has 4 saturated heterocycles. The number of nitrogens with zero attached hydrogens (tertiary/aromatic N) is 6. The van der Waals surface area contributed by atoms with Crippen molar-refractivity contribution in [1.29, 1.82) is 5.26 Å². The lowest BCUT2D eigenvalue weighted by Crippen LogP contribution is -2.52. The van der Waals surface area contributed by atoms with Crippen LogP contribution in [0.5, 0.6) is 11.5 Å². The van der Waals surface area contributed by atoms with Crippen molar-refractivity contribution in [2.75, 3.05) is 111 Å². The van der Waals surface area contributed by atoms with Gasteiger partial charge in [0.2, 0.25) is 21.8 Å². The van der Waals surface area contributed by atoms with E-state index in [1.54, 1.807) is 46.2 Å². The van der Waals surface area contributed by atoms with E-state index in [0.29, 0.717) is 143 Å². The number of ether oxygens (including phenoxy) is 4. The molecule has 0 radical (unpaired) electrons. The lowest BCUT2D eigenvalue weighted by atomic mass is 9.99. The van der Waals surface area contributed by atoms with Crippen LogP contribution in [0.3, 0.4) is 0 Å². The van der Waals surface area contributed by atoms with Gasteiger partial charge in [0.25, 0.3) is 0 Å². The maximum Gasteiger partial charge on any atom is 0.314 e. The Balaban J connectivity index is 0.544. The Morgan fingerprint density at radius 2 is 1.23 bits per heavy atom. The second kappa shape index (κ2) is 33.5. The fraction of sp³-hybridized carbons (Fsp3) is 0.559. The average Bonchev–Trinajstić information content (AvgIpc) is 1.61. The first kappa shape index (κ1) is 70.4. The van der Waals surface area contributed by atoms with Gasteiger partial charge in [-0.25, -0.2) is 26.5 Å². The molecule has 10 rings (SSSR count). The number of sulfone groups is 1. The van der Waals surface area contributed by atoms with E-state index in [1.165, 1.54) is 30.7 Å². The van der Waals surface area contributed by atoms with E-state index in [9.17, 15) is 41.3 Å². The minimum absolute atomic E-state index is 0.00117. The lowest BCUT2D eigenvalue weighted by molar-refractivity contribution is -0.138. The molecule has 22 nitrogen and oxygen atoms in total. The molecular formula is C68H86Cl2N10O12S2. The van der Waals surface area contributed by atoms with Gasteiger partial charge in [0.1, 0.15) is 35.5 Å². The number of nitriles is 1. The van der Waals surface area contributed by atoms with Gasteiger partial charge < -0.3 is 44.7 Å². The maximum atomic E-state index is 13.7. The van der Waals surface area contributed by atoms with Crippen LogP contribution in [0.4, 0.5) is 10.5 Å². The topological polar surface area (TPSA) is 263 Å². The first-order valence-electron chi connectivity index (χ1n) is 33.1. The Hall–Kier alpha value is -6.42. The molecule has 4 aromatic carbocycles. The molecule has 0 aromatic heterocycles. The molecule has 4 fully saturated rings. The highest BCUT2D eigenvalue weighted by atomic mass is 35.5. The van der Waals surface area contributed by atoms with E-state index < -0.39 is 37.9 Å². The number of ketones is 1. The number of benzene rings is 4. The summed E-state index contributed by atoms with van der Waals surface area (Å²) in [5, 5.41) is 19.8. The third kappa shape index (κ3) is 18.4. The van der Waals surface area contributed by atoms with Crippen LogP contribution in [0.15, 0.2) is 82.6 Å². The number of rotatable bonds is 31. The minimum Gasteiger partial charge on any atom is -0.484 e. The summed E-state index contributed by atoms with van der Waals surface area (Å²) in [6.07, 6.45) is 9.45. The van der Waals surface area contributed by atoms with E-state index in [2.05, 4.69) is 41.4 Å². The number of hydrogen-bond donors (Lipinski definition) is 4. The number of likely N-dealkylation sites (tertiary alicyclic amines) is 3. The van der Waals surface area contributed by atoms with E-state index in [-0.39, 0.29) is 83.7 Å². The zero-order valence-electron chi connectivity index (χ0n) is 53.2. The van der Waals surface area contributed by atoms with Crippen molar-refractivity contribution < 1.29 is 55.0 Å². The quantitative estimate of drug-likeness (QED) is 0.0274. The predicted molar refractivity (Wildman–Crippen MR) is 355 cm³/mol. The van der Waals surface area contributed by atoms with Crippen molar-refractivity contribution >= 4 is 72.4 Å². The van der Waals surface area contributed by atoms with Crippen molar-refractivity contribution in [1.82, 2.24) is 40.3 Å². The van der Waals surface area contributed by atoms with Gasteiger partial charge in [0, 0.05) is 94.9 Å². The zero-order valence-corrected chi connectivity index (χ0v) is 56.3. The third-order valence-electron chi connectivity index (χ3n) is 18.8. The molecule has 4 heterocycles. The number of unbranched alkanes of at least 4 members (excludes halogenated alkanes) is 2. The molecule has 0 spiro atoms. The Bertz CT molecular complexity index is 3380. The molecule has 0 unspecified atom stereocenters. The fourth-order valence-electron chi connectivity index (χ4n) is 13.9. The average molecular weight is 1370 g/mol. The number of hydrogen-bond acceptors (Lipinski definition) is 16. The van der Waals surface area contributed by atoms with Crippen LogP contribution in [0.2, 0.25) is 10.0 Å². The largest absolute Gasteiger partial charge is 0.484 e. The normalized spacial score (nSPS) is 21.9. The summed E-state index contributed by atoms with van der Waals surface area (Å²) in [6, 6.07) is 20.6. The standard InChI is InChI=1S/C68H86Cl2N10O12S2/c1-72-61-42-50(70)41-59-57(61)44-63(77-27-6-3-7-28-77)65(59)92-52-15-19-54(20-16-52)93(85,86)46-47-11-8-29-79(66(47)82)33-38-90-36-26-75-68(84)74-23-5-2-4-12-51(81)13-10-35-89-37-34-80-30-9-14-60(67(80)83)76-94(87,88)55-21-17-53(18-22-55)91-64-58-40-49(69)39-48(45-71)56(58)43-62(64)78-31-24-73-25-32-78/h15-22,39-42,47,60,62-65,73,76H,2-14,23-38,43-44,46H2,(H2,74,75,84)/t47-,60+,62+,63+,64+,65+/m1/s1. The number of Topliss-reactive ketones (excluding diaryl/α,β-unsaturated/α-hetero) is 1. The van der Waals surface area contributed by atoms with Crippen molar-refractivity contribution in [3.8, 4) is 17.6 Å².